The molecule has 0 aliphatic heterocycles. The highest BCUT2D eigenvalue weighted by Crippen LogP contribution is 2.34. The first kappa shape index (κ1) is 25.2. The summed E-state index contributed by atoms with van der Waals surface area (Å²) in [6.45, 7) is 2.73. The second kappa shape index (κ2) is 10.5. The Hall–Kier alpha value is -1.83. The lowest BCUT2D eigenvalue weighted by Crippen LogP contribution is -2.70. The Bertz CT molecular complexity index is 503. The summed E-state index contributed by atoms with van der Waals surface area (Å²) in [6, 6.07) is 0. The minimum absolute atomic E-state index is 0.387. The van der Waals surface area contributed by atoms with E-state index in [2.05, 4.69) is 14.2 Å². The van der Waals surface area contributed by atoms with Gasteiger partial charge in [0.15, 0.2) is 6.10 Å². The highest BCUT2D eigenvalue weighted by Gasteiger charge is 2.67. The van der Waals surface area contributed by atoms with E-state index in [4.69, 9.17) is 5.11 Å². The topological polar surface area (TPSA) is 200 Å². The number of carbonyl (C=O) groups is 3. The summed E-state index contributed by atoms with van der Waals surface area (Å²) >= 11 is 0. The molecule has 0 aromatic heterocycles. The SMILES string of the molecule is CCC(=O)OC(O)(OC(=O)CC)[C@](O)(OC(=O)CC)[C@H](O)[C@H](O)[C@@H](O)CO. The molecular weight excluding hydrogens is 372 g/mol. The van der Waals surface area contributed by atoms with E-state index < -0.39 is 61.0 Å². The number of ether oxygens (including phenoxy) is 3. The van der Waals surface area contributed by atoms with E-state index >= 15 is 0 Å². The Labute approximate surface area is 154 Å². The third-order valence-corrected chi connectivity index (χ3v) is 3.40. The van der Waals surface area contributed by atoms with Crippen molar-refractivity contribution in [1.29, 1.82) is 0 Å². The molecule has 0 saturated heterocycles. The fraction of sp³-hybridized carbons (Fsp3) is 0.800. The van der Waals surface area contributed by atoms with Gasteiger partial charge in [0.2, 0.25) is 0 Å². The van der Waals surface area contributed by atoms with Gasteiger partial charge >= 0.3 is 29.7 Å². The smallest absolute Gasteiger partial charge is 0.419 e. The Morgan fingerprint density at radius 3 is 1.52 bits per heavy atom. The number of aliphatic hydroxyl groups excluding tert-OH is 4. The lowest BCUT2D eigenvalue weighted by atomic mass is 9.97. The maximum atomic E-state index is 11.7. The first-order chi connectivity index (χ1) is 12.4. The quantitative estimate of drug-likeness (QED) is 0.155. The van der Waals surface area contributed by atoms with Gasteiger partial charge in [-0.15, -0.1) is 0 Å². The lowest BCUT2D eigenvalue weighted by molar-refractivity contribution is -0.465. The zero-order chi connectivity index (χ0) is 21.4. The van der Waals surface area contributed by atoms with Gasteiger partial charge in [-0.25, -0.2) is 0 Å². The van der Waals surface area contributed by atoms with E-state index in [1.807, 2.05) is 0 Å². The molecule has 0 spiro atoms. The van der Waals surface area contributed by atoms with Crippen molar-refractivity contribution in [2.24, 2.45) is 0 Å². The first-order valence-electron chi connectivity index (χ1n) is 8.17. The summed E-state index contributed by atoms with van der Waals surface area (Å²) in [6.07, 6.45) is -8.46. The van der Waals surface area contributed by atoms with Gasteiger partial charge in [0, 0.05) is 19.3 Å². The zero-order valence-electron chi connectivity index (χ0n) is 15.2. The van der Waals surface area contributed by atoms with Crippen LogP contribution >= 0.6 is 0 Å². The third-order valence-electron chi connectivity index (χ3n) is 3.40. The predicted molar refractivity (Wildman–Crippen MR) is 84.2 cm³/mol. The van der Waals surface area contributed by atoms with Crippen molar-refractivity contribution in [2.75, 3.05) is 6.61 Å². The van der Waals surface area contributed by atoms with Crippen LogP contribution in [0.25, 0.3) is 0 Å². The minimum Gasteiger partial charge on any atom is -0.419 e. The Balaban J connectivity index is 6.28. The van der Waals surface area contributed by atoms with E-state index in [1.165, 1.54) is 20.8 Å². The van der Waals surface area contributed by atoms with Crippen molar-refractivity contribution >= 4 is 17.9 Å². The van der Waals surface area contributed by atoms with Crippen LogP contribution in [0.2, 0.25) is 0 Å². The molecule has 0 rings (SSSR count). The molecule has 0 amide bonds. The van der Waals surface area contributed by atoms with Gasteiger partial charge in [-0.2, -0.15) is 0 Å². The molecule has 12 heteroatoms. The van der Waals surface area contributed by atoms with Gasteiger partial charge in [-0.1, -0.05) is 20.8 Å². The predicted octanol–water partition coefficient (Wildman–Crippen LogP) is -2.74. The monoisotopic (exact) mass is 398 g/mol. The van der Waals surface area contributed by atoms with Crippen molar-refractivity contribution in [3.8, 4) is 0 Å². The Kier molecular flexibility index (Phi) is 9.78. The van der Waals surface area contributed by atoms with E-state index in [-0.39, 0.29) is 12.8 Å². The number of rotatable bonds is 11. The molecule has 6 N–H and O–H groups in total. The molecule has 0 aliphatic rings. The molecule has 27 heavy (non-hydrogen) atoms. The van der Waals surface area contributed by atoms with Crippen molar-refractivity contribution in [2.45, 2.75) is 70.1 Å². The molecule has 4 atom stereocenters. The number of hydrogen-bond acceptors (Lipinski definition) is 12. The van der Waals surface area contributed by atoms with Gasteiger partial charge in [-0.05, 0) is 0 Å². The van der Waals surface area contributed by atoms with Crippen molar-refractivity contribution in [1.82, 2.24) is 0 Å². The van der Waals surface area contributed by atoms with Crippen molar-refractivity contribution in [3.63, 3.8) is 0 Å². The van der Waals surface area contributed by atoms with Gasteiger partial charge in [0.05, 0.1) is 6.61 Å². The van der Waals surface area contributed by atoms with Crippen LogP contribution in [0.1, 0.15) is 40.0 Å². The Morgan fingerprint density at radius 1 is 0.815 bits per heavy atom. The molecule has 0 aromatic carbocycles. The molecule has 0 bridgehead atoms. The van der Waals surface area contributed by atoms with Crippen molar-refractivity contribution in [3.05, 3.63) is 0 Å². The van der Waals surface area contributed by atoms with E-state index in [0.29, 0.717) is 0 Å². The normalized spacial score (nSPS) is 17.2. The Morgan fingerprint density at radius 2 is 1.19 bits per heavy atom. The first-order valence-corrected chi connectivity index (χ1v) is 8.17. The molecule has 12 nitrogen and oxygen atoms in total. The second-order valence-electron chi connectivity index (χ2n) is 5.45. The minimum atomic E-state index is -3.77. The molecule has 0 fully saturated rings. The van der Waals surface area contributed by atoms with Crippen LogP contribution in [0, 0.1) is 0 Å². The summed E-state index contributed by atoms with van der Waals surface area (Å²) < 4.78 is 13.5. The van der Waals surface area contributed by atoms with Crippen LogP contribution in [0.15, 0.2) is 0 Å². The molecule has 0 radical (unpaired) electrons. The summed E-state index contributed by atoms with van der Waals surface area (Å²) in [5.74, 6) is -11.3. The van der Waals surface area contributed by atoms with Crippen LogP contribution in [-0.4, -0.2) is 85.2 Å². The zero-order valence-corrected chi connectivity index (χ0v) is 15.2. The maximum Gasteiger partial charge on any atom is 0.446 e. The average Bonchev–Trinajstić information content (AvgIpc) is 2.64. The summed E-state index contributed by atoms with van der Waals surface area (Å²) in [5, 5.41) is 59.6. The highest BCUT2D eigenvalue weighted by atomic mass is 16.9. The molecular formula is C15H26O12. The van der Waals surface area contributed by atoms with Crippen LogP contribution < -0.4 is 0 Å². The van der Waals surface area contributed by atoms with Gasteiger partial charge in [-0.3, -0.25) is 14.4 Å². The number of aliphatic hydroxyl groups is 6. The van der Waals surface area contributed by atoms with Crippen LogP contribution in [0.3, 0.4) is 0 Å². The van der Waals surface area contributed by atoms with Crippen LogP contribution in [0.5, 0.6) is 0 Å². The van der Waals surface area contributed by atoms with E-state index in [1.54, 1.807) is 0 Å². The summed E-state index contributed by atoms with van der Waals surface area (Å²) in [4.78, 5) is 34.9. The second-order valence-corrected chi connectivity index (χ2v) is 5.45. The molecule has 0 heterocycles. The fourth-order valence-corrected chi connectivity index (χ4v) is 1.73. The summed E-state index contributed by atoms with van der Waals surface area (Å²) in [5.41, 5.74) is 0. The number of esters is 3. The highest BCUT2D eigenvalue weighted by molar-refractivity contribution is 5.72. The number of carbonyl (C=O) groups excluding carboxylic acids is 3. The molecule has 0 unspecified atom stereocenters. The molecule has 0 aromatic rings. The number of hydrogen-bond donors (Lipinski definition) is 6. The standard InChI is InChI=1S/C15H26O12/c1-4-9(18)25-14(23,13(22)12(21)8(17)7-16)15(24,26-10(19)5-2)27-11(20)6-3/h8,12-13,16-17,21-24H,4-7H2,1-3H3/t8-,12+,13+,14+/m0/s1. The van der Waals surface area contributed by atoms with E-state index in [9.17, 15) is 39.9 Å². The lowest BCUT2D eigenvalue weighted by Gasteiger charge is -2.43. The third kappa shape index (κ3) is 6.09. The largest absolute Gasteiger partial charge is 0.446 e. The van der Waals surface area contributed by atoms with Gasteiger partial charge in [0.25, 0.3) is 0 Å². The fourth-order valence-electron chi connectivity index (χ4n) is 1.73. The molecule has 0 aliphatic carbocycles. The molecule has 0 saturated carbocycles. The van der Waals surface area contributed by atoms with E-state index in [0.717, 1.165) is 0 Å². The van der Waals surface area contributed by atoms with Crippen LogP contribution in [-0.2, 0) is 28.6 Å². The maximum absolute atomic E-state index is 11.7. The molecule has 158 valence electrons. The van der Waals surface area contributed by atoms with Gasteiger partial charge < -0.3 is 44.8 Å². The van der Waals surface area contributed by atoms with Crippen molar-refractivity contribution < 1.29 is 59.2 Å². The summed E-state index contributed by atoms with van der Waals surface area (Å²) in [7, 11) is 0. The average molecular weight is 398 g/mol. The van der Waals surface area contributed by atoms with Crippen LogP contribution in [0.4, 0.5) is 0 Å². The van der Waals surface area contributed by atoms with Gasteiger partial charge in [0.1, 0.15) is 12.2 Å².